The molecule has 0 radical (unpaired) electrons. The fourth-order valence-electron chi connectivity index (χ4n) is 2.51. The summed E-state index contributed by atoms with van der Waals surface area (Å²) in [5, 5.41) is 5.65. The number of nitrogens with one attached hydrogen (secondary N) is 2. The summed E-state index contributed by atoms with van der Waals surface area (Å²) in [5.74, 6) is -0.00926. The van der Waals surface area contributed by atoms with Crippen LogP contribution in [0.2, 0.25) is 0 Å². The Morgan fingerprint density at radius 1 is 1.23 bits per heavy atom. The second-order valence-corrected chi connectivity index (χ2v) is 6.86. The molecule has 1 saturated heterocycles. The van der Waals surface area contributed by atoms with Crippen molar-refractivity contribution in [2.75, 3.05) is 26.2 Å². The average Bonchev–Trinajstić information content (AvgIpc) is 2.39. The number of likely N-dealkylation sites (tertiary alicyclic amines) is 1. The highest BCUT2D eigenvalue weighted by Gasteiger charge is 2.20. The minimum atomic E-state index is -0.515. The van der Waals surface area contributed by atoms with Crippen LogP contribution in [0.4, 0.5) is 4.79 Å². The molecule has 0 spiro atoms. The number of hydrogen-bond donors (Lipinski definition) is 2. The molecule has 0 aromatic carbocycles. The summed E-state index contributed by atoms with van der Waals surface area (Å²) in [6.45, 7) is 11.2. The quantitative estimate of drug-likeness (QED) is 0.785. The molecule has 6 heteroatoms. The number of amides is 2. The second kappa shape index (κ2) is 8.98. The van der Waals surface area contributed by atoms with E-state index in [4.69, 9.17) is 4.74 Å². The highest BCUT2D eigenvalue weighted by Crippen LogP contribution is 2.10. The third-order valence-electron chi connectivity index (χ3n) is 3.51. The van der Waals surface area contributed by atoms with Crippen molar-refractivity contribution in [1.82, 2.24) is 15.5 Å². The van der Waals surface area contributed by atoms with Gasteiger partial charge in [-0.3, -0.25) is 4.79 Å². The normalized spacial score (nSPS) is 17.1. The van der Waals surface area contributed by atoms with Crippen LogP contribution >= 0.6 is 0 Å². The van der Waals surface area contributed by atoms with Crippen LogP contribution in [0.5, 0.6) is 0 Å². The number of hydrogen-bond acceptors (Lipinski definition) is 4. The lowest BCUT2D eigenvalue weighted by Gasteiger charge is -2.32. The lowest BCUT2D eigenvalue weighted by molar-refractivity contribution is -0.122. The first-order valence-electron chi connectivity index (χ1n) is 8.28. The maximum atomic E-state index is 11.9. The first-order valence-corrected chi connectivity index (χ1v) is 8.28. The molecule has 2 amide bonds. The highest BCUT2D eigenvalue weighted by atomic mass is 16.6. The third kappa shape index (κ3) is 8.22. The molecule has 2 N–H and O–H groups in total. The maximum Gasteiger partial charge on any atom is 0.407 e. The van der Waals surface area contributed by atoms with Crippen molar-refractivity contribution in [3.05, 3.63) is 0 Å². The van der Waals surface area contributed by atoms with E-state index in [2.05, 4.69) is 22.5 Å². The summed E-state index contributed by atoms with van der Waals surface area (Å²) in [5.41, 5.74) is -0.515. The summed E-state index contributed by atoms with van der Waals surface area (Å²) in [6, 6.07) is 0.266. The number of carbonyl (C=O) groups is 2. The summed E-state index contributed by atoms with van der Waals surface area (Å²) in [4.78, 5) is 25.8. The zero-order valence-electron chi connectivity index (χ0n) is 14.4. The first-order chi connectivity index (χ1) is 10.3. The van der Waals surface area contributed by atoms with Gasteiger partial charge in [0, 0.05) is 32.1 Å². The van der Waals surface area contributed by atoms with Crippen molar-refractivity contribution in [1.29, 1.82) is 0 Å². The van der Waals surface area contributed by atoms with Crippen LogP contribution in [0.3, 0.4) is 0 Å². The minimum Gasteiger partial charge on any atom is -0.444 e. The Morgan fingerprint density at radius 3 is 2.41 bits per heavy atom. The van der Waals surface area contributed by atoms with Crippen LogP contribution in [0, 0.1) is 0 Å². The smallest absolute Gasteiger partial charge is 0.407 e. The Hall–Kier alpha value is -1.30. The van der Waals surface area contributed by atoms with Gasteiger partial charge in [0.15, 0.2) is 0 Å². The number of rotatable bonds is 6. The number of nitrogens with zero attached hydrogens (tertiary/aromatic N) is 1. The van der Waals surface area contributed by atoms with Crippen molar-refractivity contribution in [2.24, 2.45) is 0 Å². The van der Waals surface area contributed by atoms with E-state index in [-0.39, 0.29) is 18.4 Å². The van der Waals surface area contributed by atoms with Gasteiger partial charge in [-0.1, -0.05) is 6.92 Å². The summed E-state index contributed by atoms with van der Waals surface area (Å²) < 4.78 is 5.12. The van der Waals surface area contributed by atoms with E-state index in [1.165, 1.54) is 6.42 Å². The molecule has 1 aliphatic heterocycles. The lowest BCUT2D eigenvalue weighted by atomic mass is 10.0. The van der Waals surface area contributed by atoms with Crippen molar-refractivity contribution >= 4 is 12.0 Å². The van der Waals surface area contributed by atoms with Gasteiger partial charge in [-0.25, -0.2) is 4.79 Å². The summed E-state index contributed by atoms with van der Waals surface area (Å²) >= 11 is 0. The molecular formula is C16H31N3O3. The van der Waals surface area contributed by atoms with Crippen molar-refractivity contribution in [2.45, 2.75) is 65.0 Å². The number of carbonyl (C=O) groups excluding carboxylic acids is 2. The Morgan fingerprint density at radius 2 is 1.86 bits per heavy atom. The highest BCUT2D eigenvalue weighted by molar-refractivity contribution is 5.77. The molecule has 0 unspecified atom stereocenters. The molecule has 6 nitrogen and oxygen atoms in total. The summed E-state index contributed by atoms with van der Waals surface area (Å²) in [6.07, 6.45) is 2.99. The molecule has 1 heterocycles. The molecule has 128 valence electrons. The van der Waals surface area contributed by atoms with Gasteiger partial charge in [-0.15, -0.1) is 0 Å². The van der Waals surface area contributed by atoms with Crippen LogP contribution in [-0.4, -0.2) is 54.7 Å². The molecule has 0 atom stereocenters. The number of ether oxygens (including phenoxy) is 1. The summed E-state index contributed by atoms with van der Waals surface area (Å²) in [7, 11) is 0. The van der Waals surface area contributed by atoms with Crippen molar-refractivity contribution in [3.63, 3.8) is 0 Å². The fourth-order valence-corrected chi connectivity index (χ4v) is 2.51. The SMILES string of the molecule is CCCN1CCC(NC(=O)CCNC(=O)OC(C)(C)C)CC1. The van der Waals surface area contributed by atoms with Crippen LogP contribution in [0.25, 0.3) is 0 Å². The topological polar surface area (TPSA) is 70.7 Å². The Bertz CT molecular complexity index is 358. The standard InChI is InChI=1S/C16H31N3O3/c1-5-10-19-11-7-13(8-12-19)18-14(20)6-9-17-15(21)22-16(2,3)4/h13H,5-12H2,1-4H3,(H,17,21)(H,18,20). The lowest BCUT2D eigenvalue weighted by Crippen LogP contribution is -2.45. The number of alkyl carbamates (subject to hydrolysis) is 1. The molecule has 1 rings (SSSR count). The van der Waals surface area contributed by atoms with E-state index < -0.39 is 11.7 Å². The van der Waals surface area contributed by atoms with Gasteiger partial charge < -0.3 is 20.3 Å². The van der Waals surface area contributed by atoms with E-state index >= 15 is 0 Å². The zero-order valence-corrected chi connectivity index (χ0v) is 14.4. The molecule has 0 aliphatic carbocycles. The first kappa shape index (κ1) is 18.7. The predicted molar refractivity (Wildman–Crippen MR) is 86.7 cm³/mol. The van der Waals surface area contributed by atoms with Gasteiger partial charge >= 0.3 is 6.09 Å². The largest absolute Gasteiger partial charge is 0.444 e. The molecule has 0 aromatic rings. The van der Waals surface area contributed by atoms with E-state index in [1.807, 2.05) is 20.8 Å². The monoisotopic (exact) mass is 313 g/mol. The van der Waals surface area contributed by atoms with Gasteiger partial charge in [0.05, 0.1) is 0 Å². The van der Waals surface area contributed by atoms with Crippen molar-refractivity contribution in [3.8, 4) is 0 Å². The Balaban J connectivity index is 2.13. The van der Waals surface area contributed by atoms with Gasteiger partial charge in [0.25, 0.3) is 0 Å². The van der Waals surface area contributed by atoms with Crippen LogP contribution < -0.4 is 10.6 Å². The van der Waals surface area contributed by atoms with Gasteiger partial charge in [-0.2, -0.15) is 0 Å². The molecule has 0 saturated carbocycles. The van der Waals surface area contributed by atoms with Gasteiger partial charge in [-0.05, 0) is 46.6 Å². The molecule has 0 aromatic heterocycles. The molecule has 22 heavy (non-hydrogen) atoms. The molecular weight excluding hydrogens is 282 g/mol. The average molecular weight is 313 g/mol. The zero-order chi connectivity index (χ0) is 16.6. The second-order valence-electron chi connectivity index (χ2n) is 6.86. The van der Waals surface area contributed by atoms with E-state index in [0.29, 0.717) is 6.54 Å². The van der Waals surface area contributed by atoms with E-state index in [9.17, 15) is 9.59 Å². The van der Waals surface area contributed by atoms with Gasteiger partial charge in [0.1, 0.15) is 5.60 Å². The fraction of sp³-hybridized carbons (Fsp3) is 0.875. The van der Waals surface area contributed by atoms with E-state index in [1.54, 1.807) is 0 Å². The maximum absolute atomic E-state index is 11.9. The van der Waals surface area contributed by atoms with Crippen LogP contribution in [-0.2, 0) is 9.53 Å². The molecule has 1 fully saturated rings. The van der Waals surface area contributed by atoms with Gasteiger partial charge in [0.2, 0.25) is 5.91 Å². The van der Waals surface area contributed by atoms with Crippen molar-refractivity contribution < 1.29 is 14.3 Å². The van der Waals surface area contributed by atoms with Crippen LogP contribution in [0.1, 0.15) is 53.4 Å². The minimum absolute atomic E-state index is 0.00926. The number of piperidine rings is 1. The Kier molecular flexibility index (Phi) is 7.65. The predicted octanol–water partition coefficient (Wildman–Crippen LogP) is 1.89. The van der Waals surface area contributed by atoms with Crippen LogP contribution in [0.15, 0.2) is 0 Å². The Labute approximate surface area is 134 Å². The third-order valence-corrected chi connectivity index (χ3v) is 3.51. The molecule has 0 bridgehead atoms. The van der Waals surface area contributed by atoms with E-state index in [0.717, 1.165) is 32.5 Å². The molecule has 1 aliphatic rings.